The van der Waals surface area contributed by atoms with Crippen molar-refractivity contribution >= 4 is 34.0 Å². The number of carbonyl (C=O) groups is 2. The average Bonchev–Trinajstić information content (AvgIpc) is 3.17. The van der Waals surface area contributed by atoms with Crippen LogP contribution >= 0.6 is 11.3 Å². The van der Waals surface area contributed by atoms with Crippen LogP contribution in [0.5, 0.6) is 11.5 Å². The van der Waals surface area contributed by atoms with Crippen molar-refractivity contribution in [2.75, 3.05) is 17.7 Å². The van der Waals surface area contributed by atoms with Crippen LogP contribution < -0.4 is 20.1 Å². The van der Waals surface area contributed by atoms with Crippen molar-refractivity contribution in [1.82, 2.24) is 4.98 Å². The number of aromatic nitrogens is 1. The lowest BCUT2D eigenvalue weighted by Crippen LogP contribution is -2.34. The number of nitrogens with zero attached hydrogens (tertiary/aromatic N) is 1. The third kappa shape index (κ3) is 3.54. The molecule has 28 heavy (non-hydrogen) atoms. The first kappa shape index (κ1) is 18.0. The van der Waals surface area contributed by atoms with Gasteiger partial charge in [-0.25, -0.2) is 4.98 Å². The van der Waals surface area contributed by atoms with E-state index in [1.807, 2.05) is 17.5 Å². The number of amides is 2. The molecule has 1 unspecified atom stereocenters. The molecule has 7 nitrogen and oxygen atoms in total. The second-order valence-electron chi connectivity index (χ2n) is 6.18. The second kappa shape index (κ2) is 7.32. The Morgan fingerprint density at radius 3 is 2.79 bits per heavy atom. The Balaban J connectivity index is 1.50. The molecule has 0 radical (unpaired) electrons. The molecular weight excluding hydrogens is 378 g/mol. The topological polar surface area (TPSA) is 89.5 Å². The molecule has 142 valence electrons. The van der Waals surface area contributed by atoms with Crippen molar-refractivity contribution in [1.29, 1.82) is 0 Å². The van der Waals surface area contributed by atoms with E-state index >= 15 is 0 Å². The summed E-state index contributed by atoms with van der Waals surface area (Å²) in [6.45, 7) is 1.70. The molecule has 2 aromatic carbocycles. The minimum absolute atomic E-state index is 0.185. The fourth-order valence-corrected chi connectivity index (χ4v) is 3.46. The summed E-state index contributed by atoms with van der Waals surface area (Å²) in [7, 11) is 1.57. The highest BCUT2D eigenvalue weighted by Crippen LogP contribution is 2.35. The molecule has 0 saturated heterocycles. The molecular formula is C20H17N3O4S. The van der Waals surface area contributed by atoms with Crippen LogP contribution in [0.3, 0.4) is 0 Å². The molecule has 1 aromatic heterocycles. The predicted octanol–water partition coefficient (Wildman–Crippen LogP) is 3.79. The van der Waals surface area contributed by atoms with E-state index < -0.39 is 6.10 Å². The Hall–Kier alpha value is -3.39. The van der Waals surface area contributed by atoms with Crippen molar-refractivity contribution < 1.29 is 19.1 Å². The van der Waals surface area contributed by atoms with Gasteiger partial charge >= 0.3 is 0 Å². The standard InChI is InChI=1S/C20H17N3O4S/c1-11-18(24)21-15-9-13(5-8-17(15)27-11)16-10-28-20(22-16)23-19(25)12-3-6-14(26-2)7-4-12/h3-11H,1-2H3,(H,21,24)(H,22,23,25). The van der Waals surface area contributed by atoms with Crippen molar-refractivity contribution in [2.24, 2.45) is 0 Å². The molecule has 0 spiro atoms. The Morgan fingerprint density at radius 1 is 1.25 bits per heavy atom. The van der Waals surface area contributed by atoms with Gasteiger partial charge in [-0.1, -0.05) is 0 Å². The van der Waals surface area contributed by atoms with Crippen molar-refractivity contribution in [3.63, 3.8) is 0 Å². The summed E-state index contributed by atoms with van der Waals surface area (Å²) >= 11 is 1.33. The molecule has 0 fully saturated rings. The zero-order valence-electron chi connectivity index (χ0n) is 15.2. The van der Waals surface area contributed by atoms with Gasteiger partial charge in [0.2, 0.25) is 0 Å². The maximum Gasteiger partial charge on any atom is 0.265 e. The number of benzene rings is 2. The summed E-state index contributed by atoms with van der Waals surface area (Å²) in [5.74, 6) is 0.879. The molecule has 1 aliphatic heterocycles. The first-order valence-electron chi connectivity index (χ1n) is 8.56. The van der Waals surface area contributed by atoms with Gasteiger partial charge in [0.15, 0.2) is 11.2 Å². The van der Waals surface area contributed by atoms with Crippen molar-refractivity contribution in [2.45, 2.75) is 13.0 Å². The van der Waals surface area contributed by atoms with Crippen LogP contribution in [0, 0.1) is 0 Å². The number of fused-ring (bicyclic) bond motifs is 1. The van der Waals surface area contributed by atoms with Crippen LogP contribution in [-0.2, 0) is 4.79 Å². The number of thiazole rings is 1. The van der Waals surface area contributed by atoms with E-state index in [0.29, 0.717) is 33.6 Å². The maximum atomic E-state index is 12.4. The summed E-state index contributed by atoms with van der Waals surface area (Å²) in [6, 6.07) is 12.3. The minimum atomic E-state index is -0.516. The number of carbonyl (C=O) groups excluding carboxylic acids is 2. The van der Waals surface area contributed by atoms with Gasteiger partial charge in [0.05, 0.1) is 18.5 Å². The van der Waals surface area contributed by atoms with Crippen molar-refractivity contribution in [3.05, 3.63) is 53.4 Å². The monoisotopic (exact) mass is 395 g/mol. The molecule has 4 rings (SSSR count). The Kier molecular flexibility index (Phi) is 4.70. The van der Waals surface area contributed by atoms with E-state index in [-0.39, 0.29) is 11.8 Å². The minimum Gasteiger partial charge on any atom is -0.497 e. The first-order chi connectivity index (χ1) is 13.5. The first-order valence-corrected chi connectivity index (χ1v) is 9.44. The lowest BCUT2D eigenvalue weighted by atomic mass is 10.1. The third-order valence-corrected chi connectivity index (χ3v) is 5.04. The van der Waals surface area contributed by atoms with Crippen LogP contribution in [0.15, 0.2) is 47.8 Å². The van der Waals surface area contributed by atoms with Gasteiger partial charge in [-0.15, -0.1) is 11.3 Å². The molecule has 3 aromatic rings. The number of anilines is 2. The lowest BCUT2D eigenvalue weighted by molar-refractivity contribution is -0.122. The zero-order valence-corrected chi connectivity index (χ0v) is 16.0. The maximum absolute atomic E-state index is 12.4. The summed E-state index contributed by atoms with van der Waals surface area (Å²) in [5.41, 5.74) is 2.64. The summed E-state index contributed by atoms with van der Waals surface area (Å²) in [6.07, 6.45) is -0.516. The second-order valence-corrected chi connectivity index (χ2v) is 7.04. The van der Waals surface area contributed by atoms with Crippen LogP contribution in [0.2, 0.25) is 0 Å². The van der Waals surface area contributed by atoms with Crippen molar-refractivity contribution in [3.8, 4) is 22.8 Å². The van der Waals surface area contributed by atoms with Gasteiger partial charge < -0.3 is 14.8 Å². The highest BCUT2D eigenvalue weighted by molar-refractivity contribution is 7.14. The van der Waals surface area contributed by atoms with Crippen LogP contribution in [0.4, 0.5) is 10.8 Å². The smallest absolute Gasteiger partial charge is 0.265 e. The van der Waals surface area contributed by atoms with E-state index in [4.69, 9.17) is 9.47 Å². The fourth-order valence-electron chi connectivity index (χ4n) is 2.74. The van der Waals surface area contributed by atoms with Gasteiger partial charge in [0.25, 0.3) is 11.8 Å². The van der Waals surface area contributed by atoms with Crippen LogP contribution in [0.1, 0.15) is 17.3 Å². The quantitative estimate of drug-likeness (QED) is 0.702. The van der Waals surface area contributed by atoms with E-state index in [9.17, 15) is 9.59 Å². The molecule has 0 saturated carbocycles. The fraction of sp³-hybridized carbons (Fsp3) is 0.150. The van der Waals surface area contributed by atoms with Crippen LogP contribution in [-0.4, -0.2) is 30.0 Å². The predicted molar refractivity (Wildman–Crippen MR) is 107 cm³/mol. The van der Waals surface area contributed by atoms with E-state index in [0.717, 1.165) is 5.56 Å². The van der Waals surface area contributed by atoms with E-state index in [1.165, 1.54) is 11.3 Å². The van der Waals surface area contributed by atoms with Gasteiger partial charge in [-0.2, -0.15) is 0 Å². The zero-order chi connectivity index (χ0) is 19.7. The van der Waals surface area contributed by atoms with Gasteiger partial charge in [-0.3, -0.25) is 14.9 Å². The number of ether oxygens (including phenoxy) is 2. The number of methoxy groups -OCH3 is 1. The van der Waals surface area contributed by atoms with Crippen LogP contribution in [0.25, 0.3) is 11.3 Å². The SMILES string of the molecule is COc1ccc(C(=O)Nc2nc(-c3ccc4c(c3)NC(=O)C(C)O4)cs2)cc1. The number of rotatable bonds is 4. The Bertz CT molecular complexity index is 1050. The molecule has 2 heterocycles. The highest BCUT2D eigenvalue weighted by atomic mass is 32.1. The Labute approximate surface area is 165 Å². The molecule has 8 heteroatoms. The highest BCUT2D eigenvalue weighted by Gasteiger charge is 2.24. The molecule has 0 bridgehead atoms. The normalized spacial score (nSPS) is 15.2. The number of hydrogen-bond donors (Lipinski definition) is 2. The molecule has 0 aliphatic carbocycles. The number of nitrogens with one attached hydrogen (secondary N) is 2. The van der Waals surface area contributed by atoms with Gasteiger partial charge in [0.1, 0.15) is 11.5 Å². The van der Waals surface area contributed by atoms with E-state index in [1.54, 1.807) is 44.4 Å². The summed E-state index contributed by atoms with van der Waals surface area (Å²) in [5, 5.41) is 7.95. The van der Waals surface area contributed by atoms with Gasteiger partial charge in [-0.05, 0) is 49.4 Å². The molecule has 2 N–H and O–H groups in total. The largest absolute Gasteiger partial charge is 0.497 e. The summed E-state index contributed by atoms with van der Waals surface area (Å²) in [4.78, 5) is 28.6. The Morgan fingerprint density at radius 2 is 2.04 bits per heavy atom. The summed E-state index contributed by atoms with van der Waals surface area (Å²) < 4.78 is 10.7. The third-order valence-electron chi connectivity index (χ3n) is 4.28. The van der Waals surface area contributed by atoms with E-state index in [2.05, 4.69) is 15.6 Å². The molecule has 2 amide bonds. The molecule has 1 atom stereocenters. The molecule has 1 aliphatic rings. The van der Waals surface area contributed by atoms with Gasteiger partial charge in [0, 0.05) is 16.5 Å². The number of hydrogen-bond acceptors (Lipinski definition) is 6. The lowest BCUT2D eigenvalue weighted by Gasteiger charge is -2.23. The average molecular weight is 395 g/mol.